The molecular weight excluding hydrogens is 350 g/mol. The van der Waals surface area contributed by atoms with E-state index in [1.54, 1.807) is 36.4 Å². The van der Waals surface area contributed by atoms with Gasteiger partial charge in [0.25, 0.3) is 10.0 Å². The molecule has 1 amide bonds. The van der Waals surface area contributed by atoms with Crippen LogP contribution in [0.15, 0.2) is 57.8 Å². The first-order valence-electron chi connectivity index (χ1n) is 8.64. The largest absolute Gasteiger partial charge is 0.461 e. The number of rotatable bonds is 3. The first-order chi connectivity index (χ1) is 12.5. The van der Waals surface area contributed by atoms with Gasteiger partial charge in [0.1, 0.15) is 11.3 Å². The van der Waals surface area contributed by atoms with Gasteiger partial charge in [-0.1, -0.05) is 18.2 Å². The molecule has 0 saturated heterocycles. The van der Waals surface area contributed by atoms with E-state index in [2.05, 4.69) is 0 Å². The predicted octanol–water partition coefficient (Wildman–Crippen LogP) is 4.05. The van der Waals surface area contributed by atoms with Gasteiger partial charge in [-0.05, 0) is 49.6 Å². The van der Waals surface area contributed by atoms with Crippen LogP contribution in [0.5, 0.6) is 0 Å². The van der Waals surface area contributed by atoms with E-state index in [1.807, 2.05) is 0 Å². The van der Waals surface area contributed by atoms with Gasteiger partial charge >= 0.3 is 0 Å². The topological polar surface area (TPSA) is 67.6 Å². The van der Waals surface area contributed by atoms with Crippen LogP contribution >= 0.6 is 0 Å². The van der Waals surface area contributed by atoms with Crippen LogP contribution in [0.25, 0.3) is 11.0 Å². The predicted molar refractivity (Wildman–Crippen MR) is 99.6 cm³/mol. The summed E-state index contributed by atoms with van der Waals surface area (Å²) in [5.74, 6) is 0.425. The minimum absolute atomic E-state index is 0.0875. The van der Waals surface area contributed by atoms with Gasteiger partial charge in [-0.3, -0.25) is 4.79 Å². The molecule has 0 N–H and O–H groups in total. The van der Waals surface area contributed by atoms with E-state index in [0.29, 0.717) is 5.69 Å². The summed E-state index contributed by atoms with van der Waals surface area (Å²) in [6, 6.07) is 13.1. The second-order valence-electron chi connectivity index (χ2n) is 6.49. The molecule has 0 radical (unpaired) electrons. The van der Waals surface area contributed by atoms with Crippen LogP contribution in [-0.2, 0) is 27.7 Å². The lowest BCUT2D eigenvalue weighted by Gasteiger charge is -2.21. The first kappa shape index (κ1) is 16.8. The van der Waals surface area contributed by atoms with Crippen molar-refractivity contribution in [3.8, 4) is 0 Å². The molecule has 0 unspecified atom stereocenters. The van der Waals surface area contributed by atoms with Gasteiger partial charge in [-0.15, -0.1) is 0 Å². The molecule has 1 aliphatic rings. The maximum absolute atomic E-state index is 13.0. The summed E-state index contributed by atoms with van der Waals surface area (Å²) in [7, 11) is -3.97. The third-order valence-electron chi connectivity index (χ3n) is 4.74. The van der Waals surface area contributed by atoms with E-state index < -0.39 is 15.9 Å². The maximum Gasteiger partial charge on any atom is 0.270 e. The first-order valence-corrected chi connectivity index (χ1v) is 10.1. The number of hydrogen-bond acceptors (Lipinski definition) is 4. The minimum Gasteiger partial charge on any atom is -0.461 e. The van der Waals surface area contributed by atoms with Gasteiger partial charge in [0.05, 0.1) is 10.6 Å². The molecule has 2 aromatic carbocycles. The fraction of sp³-hybridized carbons (Fsp3) is 0.250. The number of aryl methyl sites for hydroxylation is 2. The van der Waals surface area contributed by atoms with Crippen molar-refractivity contribution in [2.75, 3.05) is 4.31 Å². The highest BCUT2D eigenvalue weighted by molar-refractivity contribution is 7.93. The molecule has 26 heavy (non-hydrogen) atoms. The van der Waals surface area contributed by atoms with Crippen molar-refractivity contribution in [2.45, 2.75) is 37.5 Å². The highest BCUT2D eigenvalue weighted by atomic mass is 32.2. The molecule has 6 heteroatoms. The maximum atomic E-state index is 13.0. The number of carbonyl (C=O) groups is 1. The average Bonchev–Trinajstić information content (AvgIpc) is 3.00. The van der Waals surface area contributed by atoms with E-state index >= 15 is 0 Å². The second-order valence-corrected chi connectivity index (χ2v) is 8.28. The number of amides is 1. The van der Waals surface area contributed by atoms with Crippen molar-refractivity contribution in [2.24, 2.45) is 0 Å². The Bertz CT molecular complexity index is 1080. The molecule has 1 aliphatic carbocycles. The monoisotopic (exact) mass is 369 g/mol. The molecule has 0 saturated carbocycles. The second kappa shape index (κ2) is 6.29. The zero-order valence-electron chi connectivity index (χ0n) is 14.4. The number of furan rings is 1. The minimum atomic E-state index is -3.97. The van der Waals surface area contributed by atoms with E-state index in [9.17, 15) is 13.2 Å². The van der Waals surface area contributed by atoms with Crippen LogP contribution in [0, 0.1) is 0 Å². The van der Waals surface area contributed by atoms with Crippen LogP contribution < -0.4 is 4.31 Å². The van der Waals surface area contributed by atoms with Crippen LogP contribution in [0.1, 0.15) is 31.1 Å². The molecule has 0 fully saturated rings. The van der Waals surface area contributed by atoms with Gasteiger partial charge in [0.15, 0.2) is 0 Å². The molecule has 0 bridgehead atoms. The molecule has 3 aromatic rings. The molecule has 0 aliphatic heterocycles. The van der Waals surface area contributed by atoms with Gasteiger partial charge in [0.2, 0.25) is 5.91 Å². The highest BCUT2D eigenvalue weighted by Crippen LogP contribution is 2.35. The van der Waals surface area contributed by atoms with Crippen molar-refractivity contribution in [3.05, 3.63) is 59.9 Å². The fourth-order valence-electron chi connectivity index (χ4n) is 3.56. The molecule has 1 heterocycles. The van der Waals surface area contributed by atoms with E-state index in [0.717, 1.165) is 52.3 Å². The normalized spacial score (nSPS) is 14.2. The summed E-state index contributed by atoms with van der Waals surface area (Å²) in [6.45, 7) is 1.26. The Labute approximate surface area is 152 Å². The lowest BCUT2D eigenvalue weighted by molar-refractivity contribution is -0.115. The highest BCUT2D eigenvalue weighted by Gasteiger charge is 2.29. The summed E-state index contributed by atoms with van der Waals surface area (Å²) in [5, 5.41) is 0.895. The molecular formula is C20H19NO4S. The zero-order valence-corrected chi connectivity index (χ0v) is 15.3. The fourth-order valence-corrected chi connectivity index (χ4v) is 5.01. The molecule has 5 nitrogen and oxygen atoms in total. The lowest BCUT2D eigenvalue weighted by atomic mass is 9.96. The number of benzene rings is 2. The molecule has 134 valence electrons. The quantitative estimate of drug-likeness (QED) is 0.698. The molecule has 4 rings (SSSR count). The summed E-state index contributed by atoms with van der Waals surface area (Å²) in [4.78, 5) is 12.3. The van der Waals surface area contributed by atoms with Crippen molar-refractivity contribution in [1.29, 1.82) is 0 Å². The van der Waals surface area contributed by atoms with Crippen LogP contribution in [0.3, 0.4) is 0 Å². The number of carbonyl (C=O) groups excluding carboxylic acids is 1. The molecule has 0 spiro atoms. The van der Waals surface area contributed by atoms with Gasteiger partial charge in [-0.25, -0.2) is 12.7 Å². The van der Waals surface area contributed by atoms with Gasteiger partial charge in [-0.2, -0.15) is 0 Å². The average molecular weight is 369 g/mol. The van der Waals surface area contributed by atoms with E-state index in [1.165, 1.54) is 19.1 Å². The number of nitrogens with zero attached hydrogens (tertiary/aromatic N) is 1. The SMILES string of the molecule is CC(=O)N(c1ccc2oc3c(c2c1)CCCC3)S(=O)(=O)c1ccccc1. The Balaban J connectivity index is 1.86. The third-order valence-corrected chi connectivity index (χ3v) is 6.56. The molecule has 0 atom stereocenters. The van der Waals surface area contributed by atoms with Crippen LogP contribution in [0.4, 0.5) is 5.69 Å². The van der Waals surface area contributed by atoms with Gasteiger partial charge in [0, 0.05) is 24.3 Å². The van der Waals surface area contributed by atoms with E-state index in [-0.39, 0.29) is 4.90 Å². The lowest BCUT2D eigenvalue weighted by Crippen LogP contribution is -2.35. The number of fused-ring (bicyclic) bond motifs is 3. The number of sulfonamides is 1. The molecule has 1 aromatic heterocycles. The summed E-state index contributed by atoms with van der Waals surface area (Å²) >= 11 is 0. The Hall–Kier alpha value is -2.60. The Morgan fingerprint density at radius 3 is 2.50 bits per heavy atom. The van der Waals surface area contributed by atoms with Crippen molar-refractivity contribution >= 4 is 32.6 Å². The Morgan fingerprint density at radius 1 is 1.04 bits per heavy atom. The van der Waals surface area contributed by atoms with Crippen LogP contribution in [0.2, 0.25) is 0 Å². The standard InChI is InChI=1S/C20H19NO4S/c1-14(22)21(26(23,24)16-7-3-2-4-8-16)15-11-12-20-18(13-15)17-9-5-6-10-19(17)25-20/h2-4,7-8,11-13H,5-6,9-10H2,1H3. The van der Waals surface area contributed by atoms with Crippen molar-refractivity contribution in [3.63, 3.8) is 0 Å². The number of anilines is 1. The summed E-state index contributed by atoms with van der Waals surface area (Å²) < 4.78 is 32.8. The Kier molecular flexibility index (Phi) is 4.07. The van der Waals surface area contributed by atoms with Crippen molar-refractivity contribution < 1.29 is 17.6 Å². The number of hydrogen-bond donors (Lipinski definition) is 0. The van der Waals surface area contributed by atoms with Crippen molar-refractivity contribution in [1.82, 2.24) is 0 Å². The smallest absolute Gasteiger partial charge is 0.270 e. The van der Waals surface area contributed by atoms with Crippen LogP contribution in [-0.4, -0.2) is 14.3 Å². The summed E-state index contributed by atoms with van der Waals surface area (Å²) in [5.41, 5.74) is 2.21. The summed E-state index contributed by atoms with van der Waals surface area (Å²) in [6.07, 6.45) is 4.00. The third kappa shape index (κ3) is 2.70. The Morgan fingerprint density at radius 2 is 1.77 bits per heavy atom. The van der Waals surface area contributed by atoms with E-state index in [4.69, 9.17) is 4.42 Å². The van der Waals surface area contributed by atoms with Gasteiger partial charge < -0.3 is 4.42 Å². The zero-order chi connectivity index (χ0) is 18.3.